The van der Waals surface area contributed by atoms with Crippen molar-refractivity contribution in [2.24, 2.45) is 5.73 Å². The number of nitrogens with zero attached hydrogens (tertiary/aromatic N) is 2. The van der Waals surface area contributed by atoms with Gasteiger partial charge in [-0.15, -0.1) is 0 Å². The summed E-state index contributed by atoms with van der Waals surface area (Å²) < 4.78 is 0. The smallest absolute Gasteiger partial charge is 0.133 e. The molecule has 0 fully saturated rings. The number of pyridine rings is 1. The molecule has 2 aromatic carbocycles. The minimum atomic E-state index is 0.522. The lowest BCUT2D eigenvalue weighted by atomic mass is 10.1. The zero-order valence-electron chi connectivity index (χ0n) is 11.5. The van der Waals surface area contributed by atoms with E-state index in [4.69, 9.17) is 10.7 Å². The van der Waals surface area contributed by atoms with Crippen LogP contribution in [-0.2, 0) is 6.54 Å². The Hall–Kier alpha value is -2.39. The zero-order chi connectivity index (χ0) is 13.9. The van der Waals surface area contributed by atoms with Crippen LogP contribution in [-0.4, -0.2) is 12.0 Å². The molecule has 0 saturated heterocycles. The Kier molecular flexibility index (Phi) is 3.35. The van der Waals surface area contributed by atoms with Crippen molar-refractivity contribution in [1.29, 1.82) is 0 Å². The predicted molar refractivity (Wildman–Crippen MR) is 84.1 cm³/mol. The maximum Gasteiger partial charge on any atom is 0.133 e. The van der Waals surface area contributed by atoms with E-state index in [2.05, 4.69) is 23.1 Å². The fourth-order valence-electron chi connectivity index (χ4n) is 2.38. The van der Waals surface area contributed by atoms with Crippen molar-refractivity contribution in [3.8, 4) is 0 Å². The van der Waals surface area contributed by atoms with Crippen LogP contribution in [0.1, 0.15) is 5.56 Å². The van der Waals surface area contributed by atoms with Crippen LogP contribution < -0.4 is 10.6 Å². The number of nitrogens with two attached hydrogens (primary N) is 1. The second-order valence-electron chi connectivity index (χ2n) is 4.75. The van der Waals surface area contributed by atoms with E-state index in [1.54, 1.807) is 0 Å². The van der Waals surface area contributed by atoms with Gasteiger partial charge in [0.25, 0.3) is 0 Å². The van der Waals surface area contributed by atoms with E-state index in [0.29, 0.717) is 6.54 Å². The summed E-state index contributed by atoms with van der Waals surface area (Å²) in [5, 5.41) is 1.15. The summed E-state index contributed by atoms with van der Waals surface area (Å²) in [4.78, 5) is 6.79. The molecule has 0 atom stereocenters. The standard InChI is InChI=1S/C17H17N3/c1-20(16-9-5-3-7-14(16)12-18)17-11-10-13-6-2-4-8-15(13)19-17/h2-11H,12,18H2,1H3. The van der Waals surface area contributed by atoms with Gasteiger partial charge in [0.15, 0.2) is 0 Å². The van der Waals surface area contributed by atoms with Crippen LogP contribution in [0.25, 0.3) is 10.9 Å². The highest BCUT2D eigenvalue weighted by Gasteiger charge is 2.09. The molecule has 0 amide bonds. The lowest BCUT2D eigenvalue weighted by molar-refractivity contribution is 1.04. The van der Waals surface area contributed by atoms with Gasteiger partial charge in [0.2, 0.25) is 0 Å². The summed E-state index contributed by atoms with van der Waals surface area (Å²) in [6, 6.07) is 20.4. The van der Waals surface area contributed by atoms with Gasteiger partial charge in [0.05, 0.1) is 5.52 Å². The van der Waals surface area contributed by atoms with Gasteiger partial charge in [-0.2, -0.15) is 0 Å². The fourth-order valence-corrected chi connectivity index (χ4v) is 2.38. The Bertz CT molecular complexity index is 737. The van der Waals surface area contributed by atoms with Crippen LogP contribution in [0.2, 0.25) is 0 Å². The van der Waals surface area contributed by atoms with Crippen molar-refractivity contribution in [3.63, 3.8) is 0 Å². The topological polar surface area (TPSA) is 42.2 Å². The number of benzene rings is 2. The van der Waals surface area contributed by atoms with Crippen molar-refractivity contribution >= 4 is 22.4 Å². The van der Waals surface area contributed by atoms with Gasteiger partial charge in [-0.25, -0.2) is 4.98 Å². The number of rotatable bonds is 3. The Morgan fingerprint density at radius 3 is 2.55 bits per heavy atom. The average Bonchev–Trinajstić information content (AvgIpc) is 2.53. The maximum absolute atomic E-state index is 5.81. The van der Waals surface area contributed by atoms with Crippen LogP contribution in [0.5, 0.6) is 0 Å². The molecule has 0 aliphatic heterocycles. The van der Waals surface area contributed by atoms with E-state index in [1.807, 2.05) is 49.5 Å². The monoisotopic (exact) mass is 263 g/mol. The van der Waals surface area contributed by atoms with E-state index < -0.39 is 0 Å². The summed E-state index contributed by atoms with van der Waals surface area (Å²) in [6.07, 6.45) is 0. The van der Waals surface area contributed by atoms with Crippen LogP contribution >= 0.6 is 0 Å². The normalized spacial score (nSPS) is 10.7. The number of para-hydroxylation sites is 2. The van der Waals surface area contributed by atoms with Gasteiger partial charge in [-0.05, 0) is 29.8 Å². The van der Waals surface area contributed by atoms with E-state index in [0.717, 1.165) is 28.0 Å². The molecular weight excluding hydrogens is 246 g/mol. The SMILES string of the molecule is CN(c1ccc2ccccc2n1)c1ccccc1CN. The molecule has 2 N–H and O–H groups in total. The molecule has 0 unspecified atom stereocenters. The van der Waals surface area contributed by atoms with Crippen molar-refractivity contribution in [2.75, 3.05) is 11.9 Å². The molecule has 0 radical (unpaired) electrons. The Morgan fingerprint density at radius 1 is 0.950 bits per heavy atom. The zero-order valence-corrected chi connectivity index (χ0v) is 11.5. The molecule has 0 aliphatic carbocycles. The quantitative estimate of drug-likeness (QED) is 0.787. The predicted octanol–water partition coefficient (Wildman–Crippen LogP) is 3.46. The summed E-state index contributed by atoms with van der Waals surface area (Å²) >= 11 is 0. The van der Waals surface area contributed by atoms with Gasteiger partial charge >= 0.3 is 0 Å². The number of fused-ring (bicyclic) bond motifs is 1. The number of aromatic nitrogens is 1. The largest absolute Gasteiger partial charge is 0.329 e. The van der Waals surface area contributed by atoms with E-state index in [-0.39, 0.29) is 0 Å². The van der Waals surface area contributed by atoms with Gasteiger partial charge in [-0.3, -0.25) is 0 Å². The van der Waals surface area contributed by atoms with Crippen molar-refractivity contribution in [3.05, 3.63) is 66.2 Å². The lowest BCUT2D eigenvalue weighted by Gasteiger charge is -2.21. The van der Waals surface area contributed by atoms with Crippen LogP contribution in [0, 0.1) is 0 Å². The Balaban J connectivity index is 2.05. The summed E-state index contributed by atoms with van der Waals surface area (Å²) in [6.45, 7) is 0.522. The molecule has 3 rings (SSSR count). The molecule has 3 heteroatoms. The highest BCUT2D eigenvalue weighted by Crippen LogP contribution is 2.26. The molecule has 1 aromatic heterocycles. The number of anilines is 2. The molecule has 3 aromatic rings. The third-order valence-corrected chi connectivity index (χ3v) is 3.50. The fraction of sp³-hybridized carbons (Fsp3) is 0.118. The molecule has 0 saturated carbocycles. The highest BCUT2D eigenvalue weighted by molar-refractivity contribution is 5.81. The van der Waals surface area contributed by atoms with Crippen LogP contribution in [0.4, 0.5) is 11.5 Å². The molecular formula is C17H17N3. The Labute approximate surface area is 118 Å². The minimum Gasteiger partial charge on any atom is -0.329 e. The molecule has 0 aliphatic rings. The maximum atomic E-state index is 5.81. The molecule has 0 spiro atoms. The first kappa shape index (κ1) is 12.6. The summed E-state index contributed by atoms with van der Waals surface area (Å²) in [5.41, 5.74) is 9.02. The highest BCUT2D eigenvalue weighted by atomic mass is 15.2. The van der Waals surface area contributed by atoms with Crippen molar-refractivity contribution in [1.82, 2.24) is 4.98 Å². The number of hydrogen-bond donors (Lipinski definition) is 1. The molecule has 3 nitrogen and oxygen atoms in total. The van der Waals surface area contributed by atoms with Crippen LogP contribution in [0.3, 0.4) is 0 Å². The first-order chi connectivity index (χ1) is 9.79. The van der Waals surface area contributed by atoms with Gasteiger partial charge in [0, 0.05) is 24.7 Å². The second-order valence-corrected chi connectivity index (χ2v) is 4.75. The van der Waals surface area contributed by atoms with Crippen LogP contribution in [0.15, 0.2) is 60.7 Å². The van der Waals surface area contributed by atoms with Gasteiger partial charge in [0.1, 0.15) is 5.82 Å². The third-order valence-electron chi connectivity index (χ3n) is 3.50. The Morgan fingerprint density at radius 2 is 1.70 bits per heavy atom. The van der Waals surface area contributed by atoms with E-state index in [1.165, 1.54) is 0 Å². The average molecular weight is 263 g/mol. The van der Waals surface area contributed by atoms with Crippen molar-refractivity contribution < 1.29 is 0 Å². The third kappa shape index (κ3) is 2.24. The number of hydrogen-bond acceptors (Lipinski definition) is 3. The molecule has 20 heavy (non-hydrogen) atoms. The molecule has 0 bridgehead atoms. The summed E-state index contributed by atoms with van der Waals surface area (Å²) in [7, 11) is 2.02. The summed E-state index contributed by atoms with van der Waals surface area (Å²) in [5.74, 6) is 0.921. The van der Waals surface area contributed by atoms with E-state index in [9.17, 15) is 0 Å². The van der Waals surface area contributed by atoms with Gasteiger partial charge in [-0.1, -0.05) is 36.4 Å². The minimum absolute atomic E-state index is 0.522. The van der Waals surface area contributed by atoms with Gasteiger partial charge < -0.3 is 10.6 Å². The molecule has 1 heterocycles. The first-order valence-corrected chi connectivity index (χ1v) is 6.67. The van der Waals surface area contributed by atoms with E-state index >= 15 is 0 Å². The lowest BCUT2D eigenvalue weighted by Crippen LogP contribution is -2.14. The second kappa shape index (κ2) is 5.31. The van der Waals surface area contributed by atoms with Crippen molar-refractivity contribution in [2.45, 2.75) is 6.54 Å². The molecule has 100 valence electrons. The first-order valence-electron chi connectivity index (χ1n) is 6.67.